The Balaban J connectivity index is 2.36. The molecule has 2 rings (SSSR count). The average molecular weight is 299 g/mol. The van der Waals surface area contributed by atoms with Gasteiger partial charge in [0.25, 0.3) is 5.91 Å². The molecule has 1 aliphatic rings. The summed E-state index contributed by atoms with van der Waals surface area (Å²) < 4.78 is 10.2. The van der Waals surface area contributed by atoms with Gasteiger partial charge in [-0.1, -0.05) is 24.8 Å². The van der Waals surface area contributed by atoms with Crippen LogP contribution in [0.5, 0.6) is 5.75 Å². The monoisotopic (exact) mass is 299 g/mol. The van der Waals surface area contributed by atoms with E-state index < -0.39 is 5.97 Å². The van der Waals surface area contributed by atoms with Crippen molar-refractivity contribution in [1.82, 2.24) is 5.32 Å². The van der Waals surface area contributed by atoms with E-state index in [1.54, 1.807) is 25.1 Å². The first-order valence-electron chi connectivity index (χ1n) is 6.73. The van der Waals surface area contributed by atoms with E-state index >= 15 is 0 Å². The highest BCUT2D eigenvalue weighted by Crippen LogP contribution is 2.25. The predicted octanol–water partition coefficient (Wildman–Crippen LogP) is 2.21. The highest BCUT2D eigenvalue weighted by Gasteiger charge is 2.30. The number of carbonyl (C=O) groups is 2. The van der Waals surface area contributed by atoms with Crippen molar-refractivity contribution in [3.8, 4) is 5.75 Å². The van der Waals surface area contributed by atoms with Crippen LogP contribution >= 0.6 is 0 Å². The van der Waals surface area contributed by atoms with E-state index in [0.717, 1.165) is 5.56 Å². The number of rotatable bonds is 5. The summed E-state index contributed by atoms with van der Waals surface area (Å²) in [5, 5.41) is 2.63. The van der Waals surface area contributed by atoms with Crippen LogP contribution in [0.3, 0.4) is 0 Å². The van der Waals surface area contributed by atoms with E-state index in [2.05, 4.69) is 11.9 Å². The number of hydrogen-bond acceptors (Lipinski definition) is 4. The van der Waals surface area contributed by atoms with E-state index in [0.29, 0.717) is 18.1 Å². The van der Waals surface area contributed by atoms with Gasteiger partial charge in [0.05, 0.1) is 18.3 Å². The molecule has 0 radical (unpaired) electrons. The standard InChI is InChI=1S/C17H17NO4/c1-4-8-22-13-7-5-6-12(9-13)10-14-15(17(20)21-3)11(2)18-16(14)19/h4-7,9-10H,1,8H2,2-3H3,(H,18,19). The number of amides is 1. The average Bonchev–Trinajstić information content (AvgIpc) is 2.79. The fourth-order valence-corrected chi connectivity index (χ4v) is 2.13. The Hall–Kier alpha value is -2.82. The molecule has 0 aliphatic carbocycles. The van der Waals surface area contributed by atoms with Crippen molar-refractivity contribution in [2.45, 2.75) is 6.92 Å². The Morgan fingerprint density at radius 3 is 2.86 bits per heavy atom. The highest BCUT2D eigenvalue weighted by atomic mass is 16.5. The largest absolute Gasteiger partial charge is 0.490 e. The molecule has 0 bridgehead atoms. The Morgan fingerprint density at radius 1 is 1.41 bits per heavy atom. The molecule has 0 spiro atoms. The first-order chi connectivity index (χ1) is 10.6. The molecule has 0 saturated carbocycles. The fraction of sp³-hybridized carbons (Fsp3) is 0.176. The molecule has 1 N–H and O–H groups in total. The molecule has 0 aromatic heterocycles. The van der Waals surface area contributed by atoms with Crippen molar-refractivity contribution in [2.24, 2.45) is 0 Å². The number of carbonyl (C=O) groups excluding carboxylic acids is 2. The first kappa shape index (κ1) is 15.6. The molecule has 1 aliphatic heterocycles. The van der Waals surface area contributed by atoms with Gasteiger partial charge in [-0.3, -0.25) is 4.79 Å². The Kier molecular flexibility index (Phi) is 4.78. The molecule has 1 heterocycles. The van der Waals surface area contributed by atoms with Gasteiger partial charge in [0.2, 0.25) is 0 Å². The van der Waals surface area contributed by atoms with Crippen molar-refractivity contribution < 1.29 is 19.1 Å². The lowest BCUT2D eigenvalue weighted by atomic mass is 10.0. The third kappa shape index (κ3) is 3.25. The summed E-state index contributed by atoms with van der Waals surface area (Å²) in [6, 6.07) is 7.23. The number of hydrogen-bond donors (Lipinski definition) is 1. The molecule has 1 aromatic carbocycles. The fourth-order valence-electron chi connectivity index (χ4n) is 2.13. The Morgan fingerprint density at radius 2 is 2.18 bits per heavy atom. The van der Waals surface area contributed by atoms with Crippen LogP contribution in [0.15, 0.2) is 53.8 Å². The van der Waals surface area contributed by atoms with E-state index in [-0.39, 0.29) is 17.1 Å². The summed E-state index contributed by atoms with van der Waals surface area (Å²) in [5.74, 6) is -0.204. The van der Waals surface area contributed by atoms with E-state index in [9.17, 15) is 9.59 Å². The van der Waals surface area contributed by atoms with Gasteiger partial charge in [-0.25, -0.2) is 4.79 Å². The van der Waals surface area contributed by atoms with Crippen molar-refractivity contribution >= 4 is 18.0 Å². The summed E-state index contributed by atoms with van der Waals surface area (Å²) in [6.07, 6.45) is 3.29. The predicted molar refractivity (Wildman–Crippen MR) is 83.0 cm³/mol. The van der Waals surface area contributed by atoms with Gasteiger partial charge in [0, 0.05) is 5.70 Å². The lowest BCUT2D eigenvalue weighted by Gasteiger charge is -2.05. The first-order valence-corrected chi connectivity index (χ1v) is 6.73. The van der Waals surface area contributed by atoms with Crippen LogP contribution in [-0.4, -0.2) is 25.6 Å². The van der Waals surface area contributed by atoms with Crippen molar-refractivity contribution in [2.75, 3.05) is 13.7 Å². The van der Waals surface area contributed by atoms with Crippen molar-refractivity contribution in [1.29, 1.82) is 0 Å². The van der Waals surface area contributed by atoms with Crippen LogP contribution in [-0.2, 0) is 14.3 Å². The Labute approximate surface area is 128 Å². The summed E-state index contributed by atoms with van der Waals surface area (Å²) in [7, 11) is 1.28. The number of ether oxygens (including phenoxy) is 2. The van der Waals surface area contributed by atoms with E-state index in [1.807, 2.05) is 18.2 Å². The van der Waals surface area contributed by atoms with Crippen LogP contribution in [0, 0.1) is 0 Å². The topological polar surface area (TPSA) is 64.6 Å². The molecule has 1 aromatic rings. The SMILES string of the molecule is C=CCOc1cccc(C=C2C(=O)NC(C)=C2C(=O)OC)c1. The molecule has 1 amide bonds. The molecule has 0 atom stereocenters. The maximum Gasteiger partial charge on any atom is 0.340 e. The summed E-state index contributed by atoms with van der Waals surface area (Å²) in [6.45, 7) is 5.65. The molecule has 5 heteroatoms. The normalized spacial score (nSPS) is 15.7. The van der Waals surface area contributed by atoms with E-state index in [1.165, 1.54) is 7.11 Å². The third-order valence-corrected chi connectivity index (χ3v) is 3.12. The number of esters is 1. The summed E-state index contributed by atoms with van der Waals surface area (Å²) in [5.41, 5.74) is 1.78. The minimum absolute atomic E-state index is 0.255. The molecular weight excluding hydrogens is 282 g/mol. The van der Waals surface area contributed by atoms with Gasteiger partial charge in [0.15, 0.2) is 0 Å². The Bertz CT molecular complexity index is 686. The maximum atomic E-state index is 12.0. The number of allylic oxidation sites excluding steroid dienone is 1. The van der Waals surface area contributed by atoms with Crippen LogP contribution in [0.1, 0.15) is 12.5 Å². The van der Waals surface area contributed by atoms with Gasteiger partial charge in [-0.2, -0.15) is 0 Å². The third-order valence-electron chi connectivity index (χ3n) is 3.12. The number of methoxy groups -OCH3 is 1. The molecule has 0 unspecified atom stereocenters. The molecular formula is C17H17NO4. The quantitative estimate of drug-likeness (QED) is 0.514. The molecule has 0 saturated heterocycles. The van der Waals surface area contributed by atoms with Crippen molar-refractivity contribution in [3.63, 3.8) is 0 Å². The van der Waals surface area contributed by atoms with Gasteiger partial charge >= 0.3 is 5.97 Å². The minimum atomic E-state index is -0.541. The molecule has 5 nitrogen and oxygen atoms in total. The highest BCUT2D eigenvalue weighted by molar-refractivity contribution is 6.16. The number of nitrogens with one attached hydrogen (secondary N) is 1. The van der Waals surface area contributed by atoms with Gasteiger partial charge in [-0.05, 0) is 30.7 Å². The zero-order chi connectivity index (χ0) is 16.1. The lowest BCUT2D eigenvalue weighted by Crippen LogP contribution is -2.15. The zero-order valence-corrected chi connectivity index (χ0v) is 12.5. The smallest absolute Gasteiger partial charge is 0.340 e. The van der Waals surface area contributed by atoms with Crippen LogP contribution < -0.4 is 10.1 Å². The van der Waals surface area contributed by atoms with Crippen molar-refractivity contribution in [3.05, 3.63) is 59.3 Å². The van der Waals surface area contributed by atoms with Crippen LogP contribution in [0.4, 0.5) is 0 Å². The second-order valence-electron chi connectivity index (χ2n) is 4.68. The molecule has 22 heavy (non-hydrogen) atoms. The van der Waals surface area contributed by atoms with Gasteiger partial charge in [-0.15, -0.1) is 0 Å². The van der Waals surface area contributed by atoms with Gasteiger partial charge in [0.1, 0.15) is 12.4 Å². The maximum absolute atomic E-state index is 12.0. The zero-order valence-electron chi connectivity index (χ0n) is 12.5. The van der Waals surface area contributed by atoms with Gasteiger partial charge < -0.3 is 14.8 Å². The van der Waals surface area contributed by atoms with Crippen LogP contribution in [0.25, 0.3) is 6.08 Å². The summed E-state index contributed by atoms with van der Waals surface area (Å²) in [4.78, 5) is 23.8. The molecule has 114 valence electrons. The lowest BCUT2D eigenvalue weighted by molar-refractivity contribution is -0.136. The van der Waals surface area contributed by atoms with E-state index in [4.69, 9.17) is 9.47 Å². The summed E-state index contributed by atoms with van der Waals surface area (Å²) >= 11 is 0. The minimum Gasteiger partial charge on any atom is -0.490 e. The molecule has 0 fully saturated rings. The number of benzene rings is 1. The van der Waals surface area contributed by atoms with Crippen LogP contribution in [0.2, 0.25) is 0 Å². The second-order valence-corrected chi connectivity index (χ2v) is 4.68. The second kappa shape index (κ2) is 6.76.